The lowest BCUT2D eigenvalue weighted by molar-refractivity contribution is -0.154. The molecule has 0 spiro atoms. The molecule has 102 valence electrons. The molecule has 1 atom stereocenters. The fourth-order valence-corrected chi connectivity index (χ4v) is 2.48. The van der Waals surface area contributed by atoms with Gasteiger partial charge in [-0.1, -0.05) is 0 Å². The Hall–Kier alpha value is -0.420. The molecule has 0 fully saturated rings. The molecule has 0 aliphatic heterocycles. The van der Waals surface area contributed by atoms with Crippen molar-refractivity contribution < 1.29 is 23.1 Å². The van der Waals surface area contributed by atoms with Crippen LogP contribution in [0.2, 0.25) is 0 Å². The zero-order chi connectivity index (χ0) is 13.7. The summed E-state index contributed by atoms with van der Waals surface area (Å²) in [5.41, 5.74) is 4.89. The van der Waals surface area contributed by atoms with Crippen molar-refractivity contribution in [3.8, 4) is 0 Å². The summed E-state index contributed by atoms with van der Waals surface area (Å²) >= 11 is 0. The first kappa shape index (κ1) is 16.6. The van der Waals surface area contributed by atoms with E-state index in [1.54, 1.807) is 34.6 Å². The van der Waals surface area contributed by atoms with Crippen molar-refractivity contribution in [2.24, 2.45) is 5.73 Å². The standard InChI is InChI=1S/C10H22NO5P/c1-6-14-17(13,15-7-2)8(11)9(12)16-10(3,4)5/h8H,6-7,11H2,1-5H3. The number of esters is 1. The van der Waals surface area contributed by atoms with Crippen molar-refractivity contribution in [3.05, 3.63) is 0 Å². The molecular weight excluding hydrogens is 245 g/mol. The first-order valence-electron chi connectivity index (χ1n) is 5.53. The molecule has 0 rings (SSSR count). The van der Waals surface area contributed by atoms with Crippen LogP contribution >= 0.6 is 7.60 Å². The van der Waals surface area contributed by atoms with Crippen molar-refractivity contribution in [1.82, 2.24) is 0 Å². The van der Waals surface area contributed by atoms with E-state index in [1.165, 1.54) is 0 Å². The third-order valence-corrected chi connectivity index (χ3v) is 3.74. The van der Waals surface area contributed by atoms with Gasteiger partial charge in [0.2, 0.25) is 5.78 Å². The van der Waals surface area contributed by atoms with Crippen molar-refractivity contribution in [1.29, 1.82) is 0 Å². The second-order valence-corrected chi connectivity index (χ2v) is 6.51. The summed E-state index contributed by atoms with van der Waals surface area (Å²) in [6.45, 7) is 8.68. The van der Waals surface area contributed by atoms with Gasteiger partial charge in [0.1, 0.15) is 5.60 Å². The molecule has 0 aromatic rings. The molecule has 1 unspecified atom stereocenters. The molecule has 0 saturated heterocycles. The first-order valence-corrected chi connectivity index (χ1v) is 7.14. The largest absolute Gasteiger partial charge is 0.458 e. The SMILES string of the molecule is CCOP(=O)(OCC)C(N)C(=O)OC(C)(C)C. The van der Waals surface area contributed by atoms with Gasteiger partial charge in [-0.3, -0.25) is 4.57 Å². The van der Waals surface area contributed by atoms with Gasteiger partial charge in [-0.2, -0.15) is 0 Å². The zero-order valence-electron chi connectivity index (χ0n) is 11.1. The lowest BCUT2D eigenvalue weighted by Crippen LogP contribution is -2.38. The Morgan fingerprint density at radius 1 is 1.24 bits per heavy atom. The summed E-state index contributed by atoms with van der Waals surface area (Å²) < 4.78 is 27.2. The average molecular weight is 267 g/mol. The minimum atomic E-state index is -3.65. The minimum Gasteiger partial charge on any atom is -0.458 e. The van der Waals surface area contributed by atoms with Gasteiger partial charge >= 0.3 is 13.6 Å². The van der Waals surface area contributed by atoms with Crippen molar-refractivity contribution in [3.63, 3.8) is 0 Å². The molecule has 0 bridgehead atoms. The molecule has 0 aromatic carbocycles. The highest BCUT2D eigenvalue weighted by atomic mass is 31.2. The Labute approximate surface area is 102 Å². The Balaban J connectivity index is 4.78. The summed E-state index contributed by atoms with van der Waals surface area (Å²) in [6.07, 6.45) is 0. The Bertz CT molecular complexity index is 290. The predicted octanol–water partition coefficient (Wildman–Crippen LogP) is 1.88. The second-order valence-electron chi connectivity index (χ2n) is 4.35. The number of carbonyl (C=O) groups excluding carboxylic acids is 1. The van der Waals surface area contributed by atoms with Crippen LogP contribution in [-0.2, 0) is 23.1 Å². The number of hydrogen-bond acceptors (Lipinski definition) is 6. The maximum atomic E-state index is 12.2. The number of carbonyl (C=O) groups is 1. The number of rotatable bonds is 6. The van der Waals surface area contributed by atoms with Crippen LogP contribution in [0.15, 0.2) is 0 Å². The van der Waals surface area contributed by atoms with E-state index in [0.717, 1.165) is 0 Å². The normalized spacial score (nSPS) is 14.5. The third-order valence-electron chi connectivity index (χ3n) is 1.61. The monoisotopic (exact) mass is 267 g/mol. The third kappa shape index (κ3) is 5.64. The maximum Gasteiger partial charge on any atom is 0.358 e. The fraction of sp³-hybridized carbons (Fsp3) is 0.900. The van der Waals surface area contributed by atoms with Crippen LogP contribution in [0.1, 0.15) is 34.6 Å². The van der Waals surface area contributed by atoms with Crippen LogP contribution in [0.5, 0.6) is 0 Å². The molecule has 7 heteroatoms. The predicted molar refractivity (Wildman–Crippen MR) is 64.7 cm³/mol. The molecule has 17 heavy (non-hydrogen) atoms. The van der Waals surface area contributed by atoms with Crippen LogP contribution in [0.4, 0.5) is 0 Å². The molecule has 0 heterocycles. The van der Waals surface area contributed by atoms with Gasteiger partial charge in [0.25, 0.3) is 0 Å². The van der Waals surface area contributed by atoms with Gasteiger partial charge in [-0.05, 0) is 34.6 Å². The molecular formula is C10H22NO5P. The van der Waals surface area contributed by atoms with Gasteiger partial charge in [0.05, 0.1) is 13.2 Å². The van der Waals surface area contributed by atoms with E-state index in [4.69, 9.17) is 19.5 Å². The quantitative estimate of drug-likeness (QED) is 0.584. The van der Waals surface area contributed by atoms with E-state index in [1.807, 2.05) is 0 Å². The topological polar surface area (TPSA) is 87.9 Å². The summed E-state index contributed by atoms with van der Waals surface area (Å²) in [5.74, 6) is -2.20. The van der Waals surface area contributed by atoms with Crippen LogP contribution in [0.25, 0.3) is 0 Å². The lowest BCUT2D eigenvalue weighted by Gasteiger charge is -2.26. The van der Waals surface area contributed by atoms with Crippen LogP contribution in [0.3, 0.4) is 0 Å². The average Bonchev–Trinajstić information content (AvgIpc) is 2.14. The summed E-state index contributed by atoms with van der Waals surface area (Å²) in [6, 6.07) is 0. The summed E-state index contributed by atoms with van der Waals surface area (Å²) in [4.78, 5) is 11.7. The Kier molecular flexibility index (Phi) is 6.34. The molecule has 0 aliphatic rings. The van der Waals surface area contributed by atoms with E-state index in [-0.39, 0.29) is 13.2 Å². The van der Waals surface area contributed by atoms with Crippen LogP contribution in [-0.4, -0.2) is 30.6 Å². The van der Waals surface area contributed by atoms with Gasteiger partial charge < -0.3 is 19.5 Å². The molecule has 0 amide bonds. The number of nitrogens with two attached hydrogens (primary N) is 1. The van der Waals surface area contributed by atoms with E-state index in [9.17, 15) is 9.36 Å². The highest BCUT2D eigenvalue weighted by Crippen LogP contribution is 2.51. The molecule has 2 N–H and O–H groups in total. The number of ether oxygens (including phenoxy) is 1. The highest BCUT2D eigenvalue weighted by molar-refractivity contribution is 7.55. The summed E-state index contributed by atoms with van der Waals surface area (Å²) in [7, 11) is -3.65. The van der Waals surface area contributed by atoms with Crippen molar-refractivity contribution in [2.75, 3.05) is 13.2 Å². The van der Waals surface area contributed by atoms with E-state index in [0.29, 0.717) is 0 Å². The Morgan fingerprint density at radius 2 is 1.65 bits per heavy atom. The van der Waals surface area contributed by atoms with Gasteiger partial charge in [-0.15, -0.1) is 0 Å². The van der Waals surface area contributed by atoms with Gasteiger partial charge in [-0.25, -0.2) is 4.79 Å². The molecule has 6 nitrogen and oxygen atoms in total. The number of hydrogen-bond donors (Lipinski definition) is 1. The molecule has 0 radical (unpaired) electrons. The van der Waals surface area contributed by atoms with Crippen molar-refractivity contribution in [2.45, 2.75) is 46.0 Å². The van der Waals surface area contributed by atoms with Crippen molar-refractivity contribution >= 4 is 13.6 Å². The molecule has 0 aliphatic carbocycles. The van der Waals surface area contributed by atoms with Gasteiger partial charge in [0.15, 0.2) is 0 Å². The minimum absolute atomic E-state index is 0.147. The first-order chi connectivity index (χ1) is 7.66. The fourth-order valence-electron chi connectivity index (χ4n) is 1.05. The van der Waals surface area contributed by atoms with E-state index in [2.05, 4.69) is 0 Å². The maximum absolute atomic E-state index is 12.2. The van der Waals surface area contributed by atoms with Crippen LogP contribution in [0, 0.1) is 0 Å². The van der Waals surface area contributed by atoms with E-state index >= 15 is 0 Å². The lowest BCUT2D eigenvalue weighted by atomic mass is 10.2. The summed E-state index contributed by atoms with van der Waals surface area (Å²) in [5, 5.41) is 0. The van der Waals surface area contributed by atoms with Gasteiger partial charge in [0, 0.05) is 0 Å². The molecule has 0 aromatic heterocycles. The molecule has 0 saturated carbocycles. The van der Waals surface area contributed by atoms with E-state index < -0.39 is 24.9 Å². The van der Waals surface area contributed by atoms with Crippen LogP contribution < -0.4 is 5.73 Å². The smallest absolute Gasteiger partial charge is 0.358 e. The zero-order valence-corrected chi connectivity index (χ0v) is 12.0. The second kappa shape index (κ2) is 6.50. The highest BCUT2D eigenvalue weighted by Gasteiger charge is 2.40. The Morgan fingerprint density at radius 3 is 1.94 bits per heavy atom.